The molecule has 3 N–H and O–H groups in total. The third kappa shape index (κ3) is 4.04. The highest BCUT2D eigenvalue weighted by Crippen LogP contribution is 2.18. The van der Waals surface area contributed by atoms with E-state index >= 15 is 0 Å². The second-order valence-corrected chi connectivity index (χ2v) is 4.93. The van der Waals surface area contributed by atoms with Crippen LogP contribution in [-0.4, -0.2) is 31.2 Å². The standard InChI is InChI=1S/C12H12N4O2S2/c17-10(18)6-5-9(19)13-8-3-1-7(2-4-8)11-14-12(20)16-15-11/h1-4H,5-6H2,(H,13,19)(H,17,18)(H2,14,15,16,20). The van der Waals surface area contributed by atoms with Gasteiger partial charge in [-0.15, -0.1) is 22.8 Å². The first-order valence-corrected chi connectivity index (χ1v) is 6.64. The zero-order chi connectivity index (χ0) is 14.5. The van der Waals surface area contributed by atoms with Crippen molar-refractivity contribution in [3.05, 3.63) is 24.3 Å². The Bertz CT molecular complexity index is 625. The molecule has 0 aliphatic carbocycles. The van der Waals surface area contributed by atoms with Gasteiger partial charge in [0.1, 0.15) is 0 Å². The van der Waals surface area contributed by atoms with Crippen LogP contribution in [0.4, 0.5) is 5.69 Å². The van der Waals surface area contributed by atoms with Crippen LogP contribution in [0, 0.1) is 0 Å². The molecule has 1 heterocycles. The Balaban J connectivity index is 1.98. The maximum absolute atomic E-state index is 10.4. The second-order valence-electron chi connectivity index (χ2n) is 4.02. The summed E-state index contributed by atoms with van der Waals surface area (Å²) < 4.78 is 0. The van der Waals surface area contributed by atoms with E-state index in [2.05, 4.69) is 33.1 Å². The molecular formula is C12H12N4O2S2. The monoisotopic (exact) mass is 308 g/mol. The van der Waals surface area contributed by atoms with E-state index in [1.807, 2.05) is 24.3 Å². The van der Waals surface area contributed by atoms with Crippen LogP contribution in [0.2, 0.25) is 0 Å². The predicted molar refractivity (Wildman–Crippen MR) is 82.2 cm³/mol. The van der Waals surface area contributed by atoms with Gasteiger partial charge in [0.15, 0.2) is 11.0 Å². The van der Waals surface area contributed by atoms with E-state index in [0.29, 0.717) is 22.4 Å². The van der Waals surface area contributed by atoms with Crippen molar-refractivity contribution in [1.82, 2.24) is 15.2 Å². The average Bonchev–Trinajstić information content (AvgIpc) is 2.84. The molecule has 0 bridgehead atoms. The Labute approximate surface area is 126 Å². The first-order valence-electron chi connectivity index (χ1n) is 5.78. The van der Waals surface area contributed by atoms with Gasteiger partial charge in [0.05, 0.1) is 11.4 Å². The molecule has 0 radical (unpaired) electrons. The van der Waals surface area contributed by atoms with Gasteiger partial charge >= 0.3 is 5.97 Å². The molecule has 2 aromatic rings. The summed E-state index contributed by atoms with van der Waals surface area (Å²) in [5, 5.41) is 19.7. The van der Waals surface area contributed by atoms with Crippen molar-refractivity contribution in [2.24, 2.45) is 0 Å². The average molecular weight is 308 g/mol. The summed E-state index contributed by atoms with van der Waals surface area (Å²) in [6.45, 7) is 0. The number of aromatic nitrogens is 3. The number of anilines is 1. The topological polar surface area (TPSA) is 90.9 Å². The second kappa shape index (κ2) is 6.49. The summed E-state index contributed by atoms with van der Waals surface area (Å²) in [5.41, 5.74) is 1.68. The van der Waals surface area contributed by atoms with E-state index in [1.165, 1.54) is 0 Å². The highest BCUT2D eigenvalue weighted by atomic mass is 32.1. The fourth-order valence-corrected chi connectivity index (χ4v) is 1.91. The van der Waals surface area contributed by atoms with Gasteiger partial charge in [0.25, 0.3) is 0 Å². The Morgan fingerprint density at radius 1 is 1.30 bits per heavy atom. The molecule has 0 unspecified atom stereocenters. The smallest absolute Gasteiger partial charge is 0.303 e. The number of carboxylic acid groups (broad SMARTS) is 1. The lowest BCUT2D eigenvalue weighted by molar-refractivity contribution is -0.136. The molecule has 8 heteroatoms. The van der Waals surface area contributed by atoms with Crippen LogP contribution in [0.15, 0.2) is 29.4 Å². The molecule has 6 nitrogen and oxygen atoms in total. The molecule has 1 aromatic carbocycles. The predicted octanol–water partition coefficient (Wildman–Crippen LogP) is 2.36. The Hall–Kier alpha value is -1.93. The number of aromatic amines is 1. The van der Waals surface area contributed by atoms with Crippen LogP contribution < -0.4 is 5.32 Å². The van der Waals surface area contributed by atoms with Gasteiger partial charge in [-0.05, 0) is 24.3 Å². The summed E-state index contributed by atoms with van der Waals surface area (Å²) in [4.78, 5) is 13.9. The summed E-state index contributed by atoms with van der Waals surface area (Å²) in [6, 6.07) is 7.39. The number of carbonyl (C=O) groups is 1. The molecule has 0 atom stereocenters. The van der Waals surface area contributed by atoms with Crippen LogP contribution in [-0.2, 0) is 4.79 Å². The summed E-state index contributed by atoms with van der Waals surface area (Å²) >= 11 is 9.13. The number of benzene rings is 1. The lowest BCUT2D eigenvalue weighted by atomic mass is 10.2. The molecular weight excluding hydrogens is 296 g/mol. The van der Waals surface area contributed by atoms with E-state index < -0.39 is 5.97 Å². The zero-order valence-corrected chi connectivity index (χ0v) is 12.0. The number of nitrogens with zero attached hydrogens (tertiary/aromatic N) is 2. The van der Waals surface area contributed by atoms with Crippen molar-refractivity contribution in [1.29, 1.82) is 0 Å². The number of H-pyrrole nitrogens is 1. The zero-order valence-electron chi connectivity index (χ0n) is 10.3. The third-order valence-corrected chi connectivity index (χ3v) is 2.99. The minimum atomic E-state index is -0.864. The summed E-state index contributed by atoms with van der Waals surface area (Å²) in [7, 11) is 0. The minimum absolute atomic E-state index is 0.0205. The third-order valence-electron chi connectivity index (χ3n) is 2.48. The molecule has 0 aliphatic rings. The highest BCUT2D eigenvalue weighted by Gasteiger charge is 2.05. The molecule has 0 aliphatic heterocycles. The molecule has 0 saturated heterocycles. The first-order chi connectivity index (χ1) is 9.54. The number of rotatable bonds is 5. The molecule has 1 aromatic heterocycles. The van der Waals surface area contributed by atoms with Crippen molar-refractivity contribution in [3.8, 4) is 11.4 Å². The van der Waals surface area contributed by atoms with E-state index in [1.54, 1.807) is 0 Å². The molecule has 0 saturated carbocycles. The number of hydrogen-bond donors (Lipinski definition) is 4. The SMILES string of the molecule is O=C(O)CCC(=S)Nc1ccc(-c2nnc(S)[nH]2)cc1. The number of thiol groups is 1. The Kier molecular flexibility index (Phi) is 4.70. The number of carboxylic acids is 1. The van der Waals surface area contributed by atoms with Gasteiger partial charge in [-0.3, -0.25) is 4.79 Å². The van der Waals surface area contributed by atoms with Crippen LogP contribution in [0.3, 0.4) is 0 Å². The first kappa shape index (κ1) is 14.5. The molecule has 2 rings (SSSR count). The number of hydrogen-bond acceptors (Lipinski definition) is 5. The number of thiocarbonyl (C=S) groups is 1. The summed E-state index contributed by atoms with van der Waals surface area (Å²) in [5.74, 6) is -0.229. The highest BCUT2D eigenvalue weighted by molar-refractivity contribution is 7.80. The van der Waals surface area contributed by atoms with Gasteiger partial charge in [-0.25, -0.2) is 0 Å². The Morgan fingerprint density at radius 2 is 2.00 bits per heavy atom. The summed E-state index contributed by atoms with van der Waals surface area (Å²) in [6.07, 6.45) is 0.338. The van der Waals surface area contributed by atoms with Crippen molar-refractivity contribution in [2.45, 2.75) is 18.0 Å². The van der Waals surface area contributed by atoms with Crippen LogP contribution in [0.25, 0.3) is 11.4 Å². The quantitative estimate of drug-likeness (QED) is 0.501. The molecule has 104 valence electrons. The van der Waals surface area contributed by atoms with Crippen molar-refractivity contribution >= 4 is 41.5 Å². The number of nitrogens with one attached hydrogen (secondary N) is 2. The lowest BCUT2D eigenvalue weighted by Crippen LogP contribution is -2.10. The molecule has 0 amide bonds. The van der Waals surface area contributed by atoms with Gasteiger partial charge in [-0.1, -0.05) is 12.2 Å². The Morgan fingerprint density at radius 3 is 2.55 bits per heavy atom. The van der Waals surface area contributed by atoms with E-state index in [-0.39, 0.29) is 6.42 Å². The molecule has 0 spiro atoms. The lowest BCUT2D eigenvalue weighted by Gasteiger charge is -2.07. The van der Waals surface area contributed by atoms with Gasteiger partial charge in [0.2, 0.25) is 0 Å². The maximum Gasteiger partial charge on any atom is 0.303 e. The van der Waals surface area contributed by atoms with Crippen LogP contribution >= 0.6 is 24.8 Å². The normalized spacial score (nSPS) is 10.2. The van der Waals surface area contributed by atoms with E-state index in [0.717, 1.165) is 11.3 Å². The van der Waals surface area contributed by atoms with Gasteiger partial charge < -0.3 is 15.4 Å². The van der Waals surface area contributed by atoms with Crippen molar-refractivity contribution in [3.63, 3.8) is 0 Å². The van der Waals surface area contributed by atoms with E-state index in [9.17, 15) is 4.79 Å². The number of aliphatic carboxylic acids is 1. The van der Waals surface area contributed by atoms with Gasteiger partial charge in [-0.2, -0.15) is 0 Å². The largest absolute Gasteiger partial charge is 0.481 e. The van der Waals surface area contributed by atoms with Crippen LogP contribution in [0.5, 0.6) is 0 Å². The van der Waals surface area contributed by atoms with E-state index in [4.69, 9.17) is 17.3 Å². The molecule has 0 fully saturated rings. The van der Waals surface area contributed by atoms with Crippen molar-refractivity contribution in [2.75, 3.05) is 5.32 Å². The van der Waals surface area contributed by atoms with Crippen LogP contribution in [0.1, 0.15) is 12.8 Å². The minimum Gasteiger partial charge on any atom is -0.481 e. The maximum atomic E-state index is 10.4. The molecule has 20 heavy (non-hydrogen) atoms. The fourth-order valence-electron chi connectivity index (χ4n) is 1.54. The fraction of sp³-hybridized carbons (Fsp3) is 0.167. The van der Waals surface area contributed by atoms with Crippen molar-refractivity contribution < 1.29 is 9.90 Å². The van der Waals surface area contributed by atoms with Gasteiger partial charge in [0, 0.05) is 17.7 Å².